The number of hydrogen-bond donors (Lipinski definition) is 1. The van der Waals surface area contributed by atoms with Crippen LogP contribution < -0.4 is 14.2 Å². The van der Waals surface area contributed by atoms with Crippen LogP contribution in [0.2, 0.25) is 0 Å². The monoisotopic (exact) mass is 342 g/mol. The summed E-state index contributed by atoms with van der Waals surface area (Å²) in [6.45, 7) is 1.10. The van der Waals surface area contributed by atoms with Gasteiger partial charge in [-0.05, 0) is 35.9 Å². The van der Waals surface area contributed by atoms with Crippen molar-refractivity contribution >= 4 is 11.9 Å². The zero-order chi connectivity index (χ0) is 17.6. The number of rotatable bonds is 6. The molecule has 1 heterocycles. The van der Waals surface area contributed by atoms with E-state index in [0.717, 1.165) is 5.56 Å². The maximum atomic E-state index is 12.3. The summed E-state index contributed by atoms with van der Waals surface area (Å²) in [4.78, 5) is 12.3. The van der Waals surface area contributed by atoms with Gasteiger partial charge in [-0.2, -0.15) is 0 Å². The Morgan fingerprint density at radius 3 is 2.72 bits per heavy atom. The minimum atomic E-state index is -0.314. The molecule has 0 spiro atoms. The minimum Gasteiger partial charge on any atom is -0.507 e. The topological polar surface area (TPSA) is 74.2 Å². The van der Waals surface area contributed by atoms with Crippen LogP contribution >= 0.6 is 0 Å². The quantitative estimate of drug-likeness (QED) is 0.494. The second-order valence-electron chi connectivity index (χ2n) is 5.33. The highest BCUT2D eigenvalue weighted by atomic mass is 16.7. The van der Waals surface area contributed by atoms with Gasteiger partial charge in [-0.15, -0.1) is 0 Å². The van der Waals surface area contributed by atoms with E-state index in [-0.39, 0.29) is 23.9 Å². The first-order valence-electron chi connectivity index (χ1n) is 7.74. The lowest BCUT2D eigenvalue weighted by Crippen LogP contribution is -2.15. The van der Waals surface area contributed by atoms with Gasteiger partial charge >= 0.3 is 0 Å². The second-order valence-corrected chi connectivity index (χ2v) is 5.33. The van der Waals surface area contributed by atoms with Gasteiger partial charge in [0.2, 0.25) is 0 Å². The summed E-state index contributed by atoms with van der Waals surface area (Å²) in [5.41, 5.74) is 0.996. The van der Waals surface area contributed by atoms with Gasteiger partial charge in [-0.3, -0.25) is 4.79 Å². The number of fused-ring (bicyclic) bond motifs is 1. The van der Waals surface area contributed by atoms with Gasteiger partial charge in [0, 0.05) is 13.2 Å². The highest BCUT2D eigenvalue weighted by molar-refractivity contribution is 6.08. The van der Waals surface area contributed by atoms with E-state index in [9.17, 15) is 9.90 Å². The van der Waals surface area contributed by atoms with Crippen molar-refractivity contribution in [3.63, 3.8) is 0 Å². The predicted octanol–water partition coefficient (Wildman–Crippen LogP) is 3.04. The number of methoxy groups -OCH3 is 1. The molecule has 2 aromatic carbocycles. The molecule has 6 nitrogen and oxygen atoms in total. The summed E-state index contributed by atoms with van der Waals surface area (Å²) in [5, 5.41) is 10.0. The second kappa shape index (κ2) is 7.72. The van der Waals surface area contributed by atoms with Gasteiger partial charge in [-0.25, -0.2) is 0 Å². The first-order valence-corrected chi connectivity index (χ1v) is 7.74. The summed E-state index contributed by atoms with van der Waals surface area (Å²) < 4.78 is 21.0. The van der Waals surface area contributed by atoms with Crippen molar-refractivity contribution < 1.29 is 28.8 Å². The third-order valence-corrected chi connectivity index (χ3v) is 3.57. The number of ketones is 1. The van der Waals surface area contributed by atoms with E-state index in [0.29, 0.717) is 30.5 Å². The van der Waals surface area contributed by atoms with E-state index < -0.39 is 0 Å². The fourth-order valence-electron chi connectivity index (χ4n) is 2.36. The fraction of sp³-hybridized carbons (Fsp3) is 0.211. The number of allylic oxidation sites excluding steroid dienone is 1. The number of phenolic OH excluding ortho intramolecular Hbond substituents is 1. The number of carbonyl (C=O) groups excluding carboxylic acids is 1. The van der Waals surface area contributed by atoms with Crippen LogP contribution in [-0.2, 0) is 4.74 Å². The molecule has 1 aliphatic heterocycles. The van der Waals surface area contributed by atoms with Crippen LogP contribution in [0.1, 0.15) is 15.9 Å². The van der Waals surface area contributed by atoms with E-state index in [2.05, 4.69) is 0 Å². The number of aromatic hydroxyl groups is 1. The van der Waals surface area contributed by atoms with E-state index in [4.69, 9.17) is 18.9 Å². The van der Waals surface area contributed by atoms with Crippen molar-refractivity contribution in [1.29, 1.82) is 0 Å². The number of benzene rings is 2. The zero-order valence-electron chi connectivity index (χ0n) is 13.7. The van der Waals surface area contributed by atoms with Crippen LogP contribution in [-0.4, -0.2) is 38.0 Å². The molecule has 0 saturated carbocycles. The molecule has 0 atom stereocenters. The van der Waals surface area contributed by atoms with Crippen LogP contribution in [0.4, 0.5) is 0 Å². The molecule has 0 unspecified atom stereocenters. The normalized spacial score (nSPS) is 13.0. The smallest absolute Gasteiger partial charge is 0.189 e. The molecule has 1 aliphatic rings. The highest BCUT2D eigenvalue weighted by Gasteiger charge is 2.12. The van der Waals surface area contributed by atoms with Crippen LogP contribution in [0.25, 0.3) is 6.08 Å². The summed E-state index contributed by atoms with van der Waals surface area (Å²) in [6.07, 6.45) is 3.06. The third-order valence-electron chi connectivity index (χ3n) is 3.57. The number of carbonyl (C=O) groups is 1. The van der Waals surface area contributed by atoms with Gasteiger partial charge in [0.1, 0.15) is 24.7 Å². The van der Waals surface area contributed by atoms with E-state index in [1.54, 1.807) is 24.3 Å². The average molecular weight is 342 g/mol. The maximum absolute atomic E-state index is 12.3. The first kappa shape index (κ1) is 16.9. The van der Waals surface area contributed by atoms with Crippen molar-refractivity contribution in [2.24, 2.45) is 0 Å². The Morgan fingerprint density at radius 1 is 1.16 bits per heavy atom. The molecule has 0 bridgehead atoms. The lowest BCUT2D eigenvalue weighted by molar-refractivity contribution is 0.0510. The fourth-order valence-corrected chi connectivity index (χ4v) is 2.36. The highest BCUT2D eigenvalue weighted by Crippen LogP contribution is 2.31. The van der Waals surface area contributed by atoms with Crippen molar-refractivity contribution in [3.05, 3.63) is 53.6 Å². The molecular formula is C19H18O6. The van der Waals surface area contributed by atoms with Gasteiger partial charge < -0.3 is 24.1 Å². The SMILES string of the molecule is COCOc1ccc(C(=O)C=Cc2ccc3c(c2)OCCO3)c(O)c1. The summed E-state index contributed by atoms with van der Waals surface area (Å²) >= 11 is 0. The average Bonchev–Trinajstić information content (AvgIpc) is 2.64. The van der Waals surface area contributed by atoms with Gasteiger partial charge in [0.15, 0.2) is 24.1 Å². The van der Waals surface area contributed by atoms with Crippen LogP contribution in [0.5, 0.6) is 23.0 Å². The Morgan fingerprint density at radius 2 is 1.96 bits per heavy atom. The van der Waals surface area contributed by atoms with E-state index in [1.807, 2.05) is 6.07 Å². The molecule has 25 heavy (non-hydrogen) atoms. The number of phenols is 1. The molecule has 1 N–H and O–H groups in total. The molecule has 0 saturated heterocycles. The Bertz CT molecular complexity index is 796. The van der Waals surface area contributed by atoms with Crippen molar-refractivity contribution in [1.82, 2.24) is 0 Å². The predicted molar refractivity (Wildman–Crippen MR) is 91.4 cm³/mol. The Hall–Kier alpha value is -2.99. The van der Waals surface area contributed by atoms with Gasteiger partial charge in [0.05, 0.1) is 5.56 Å². The molecular weight excluding hydrogens is 324 g/mol. The Balaban J connectivity index is 1.72. The molecule has 2 aromatic rings. The zero-order valence-corrected chi connectivity index (χ0v) is 13.7. The summed E-state index contributed by atoms with van der Waals surface area (Å²) in [7, 11) is 1.50. The molecule has 130 valence electrons. The van der Waals surface area contributed by atoms with Crippen LogP contribution in [0, 0.1) is 0 Å². The number of hydrogen-bond acceptors (Lipinski definition) is 6. The maximum Gasteiger partial charge on any atom is 0.189 e. The minimum absolute atomic E-state index is 0.0662. The molecule has 0 aliphatic carbocycles. The largest absolute Gasteiger partial charge is 0.507 e. The van der Waals surface area contributed by atoms with Crippen molar-refractivity contribution in [2.75, 3.05) is 27.1 Å². The Kier molecular flexibility index (Phi) is 5.20. The summed E-state index contributed by atoms with van der Waals surface area (Å²) in [6, 6.07) is 9.93. The van der Waals surface area contributed by atoms with Crippen molar-refractivity contribution in [3.8, 4) is 23.0 Å². The van der Waals surface area contributed by atoms with Crippen molar-refractivity contribution in [2.45, 2.75) is 0 Å². The molecule has 6 heteroatoms. The van der Waals surface area contributed by atoms with Crippen LogP contribution in [0.15, 0.2) is 42.5 Å². The van der Waals surface area contributed by atoms with Gasteiger partial charge in [-0.1, -0.05) is 12.1 Å². The standard InChI is InChI=1S/C19H18O6/c1-22-12-25-14-4-5-15(17(21)11-14)16(20)6-2-13-3-7-18-19(10-13)24-9-8-23-18/h2-7,10-11,21H,8-9,12H2,1H3. The molecule has 0 aromatic heterocycles. The molecule has 0 radical (unpaired) electrons. The van der Waals surface area contributed by atoms with E-state index >= 15 is 0 Å². The first-order chi connectivity index (χ1) is 12.2. The van der Waals surface area contributed by atoms with Crippen LogP contribution in [0.3, 0.4) is 0 Å². The Labute approximate surface area is 145 Å². The third kappa shape index (κ3) is 4.10. The molecule has 3 rings (SSSR count). The summed E-state index contributed by atoms with van der Waals surface area (Å²) in [5.74, 6) is 1.31. The lowest BCUT2D eigenvalue weighted by Gasteiger charge is -2.18. The molecule has 0 amide bonds. The van der Waals surface area contributed by atoms with E-state index in [1.165, 1.54) is 25.3 Å². The number of ether oxygens (including phenoxy) is 4. The van der Waals surface area contributed by atoms with Gasteiger partial charge in [0.25, 0.3) is 0 Å². The lowest BCUT2D eigenvalue weighted by atomic mass is 10.1. The molecule has 0 fully saturated rings.